The van der Waals surface area contributed by atoms with Crippen molar-refractivity contribution in [1.29, 1.82) is 0 Å². The third-order valence-electron chi connectivity index (χ3n) is 8.60. The Kier molecular flexibility index (Phi) is 10.1. The minimum absolute atomic E-state index is 0.00875. The molecular weight excluding hydrogens is 533 g/mol. The van der Waals surface area contributed by atoms with Crippen LogP contribution in [-0.4, -0.2) is 61.8 Å². The van der Waals surface area contributed by atoms with Crippen LogP contribution in [0.3, 0.4) is 0 Å². The van der Waals surface area contributed by atoms with Gasteiger partial charge in [0.1, 0.15) is 5.82 Å². The lowest BCUT2D eigenvalue weighted by Gasteiger charge is -2.44. The molecule has 1 unspecified atom stereocenters. The number of alkyl carbamates (subject to hydrolysis) is 1. The maximum Gasteiger partial charge on any atom is 0.406 e. The summed E-state index contributed by atoms with van der Waals surface area (Å²) >= 11 is 6.75. The first-order chi connectivity index (χ1) is 19.2. The Morgan fingerprint density at radius 1 is 1.23 bits per heavy atom. The Labute approximate surface area is 241 Å². The van der Waals surface area contributed by atoms with Gasteiger partial charge in [-0.25, -0.2) is 9.18 Å². The van der Waals surface area contributed by atoms with E-state index in [4.69, 9.17) is 11.6 Å². The maximum absolute atomic E-state index is 14.5. The molecule has 2 aliphatic rings. The molecule has 218 valence electrons. The highest BCUT2D eigenvalue weighted by molar-refractivity contribution is 6.33. The highest BCUT2D eigenvalue weighted by Crippen LogP contribution is 2.46. The molecule has 9 heteroatoms. The third kappa shape index (κ3) is 6.78. The number of carbonyl (C=O) groups is 2. The first-order valence-electron chi connectivity index (χ1n) is 14.2. The summed E-state index contributed by atoms with van der Waals surface area (Å²) in [6.07, 6.45) is 4.43. The lowest BCUT2D eigenvalue weighted by molar-refractivity contribution is -0.140. The van der Waals surface area contributed by atoms with Gasteiger partial charge in [-0.1, -0.05) is 29.8 Å². The summed E-state index contributed by atoms with van der Waals surface area (Å²) < 4.78 is 19.2. The highest BCUT2D eigenvalue weighted by Gasteiger charge is 2.44. The minimum Gasteiger partial charge on any atom is -0.453 e. The van der Waals surface area contributed by atoms with E-state index in [9.17, 15) is 19.1 Å². The van der Waals surface area contributed by atoms with Crippen LogP contribution in [0.25, 0.3) is 11.1 Å². The number of hydrogen-bond donors (Lipinski definition) is 3. The molecule has 4 atom stereocenters. The van der Waals surface area contributed by atoms with E-state index in [1.54, 1.807) is 12.1 Å². The molecular formula is C31H41ClFN3O4. The predicted molar refractivity (Wildman–Crippen MR) is 155 cm³/mol. The topological polar surface area (TPSA) is 90.9 Å². The van der Waals surface area contributed by atoms with E-state index in [1.165, 1.54) is 19.2 Å². The van der Waals surface area contributed by atoms with E-state index in [-0.39, 0.29) is 23.6 Å². The average Bonchev–Trinajstić information content (AvgIpc) is 3.43. The number of methoxy groups -OCH3 is 1. The Morgan fingerprint density at radius 3 is 2.73 bits per heavy atom. The molecule has 2 aromatic rings. The van der Waals surface area contributed by atoms with Crippen molar-refractivity contribution in [2.45, 2.75) is 63.5 Å². The summed E-state index contributed by atoms with van der Waals surface area (Å²) in [5.41, 5.74) is 1.17. The van der Waals surface area contributed by atoms with Gasteiger partial charge < -0.3 is 25.4 Å². The molecule has 1 aliphatic heterocycles. The van der Waals surface area contributed by atoms with Crippen molar-refractivity contribution in [3.63, 3.8) is 0 Å². The Balaban J connectivity index is 1.68. The van der Waals surface area contributed by atoms with Crippen molar-refractivity contribution < 1.29 is 23.8 Å². The van der Waals surface area contributed by atoms with Crippen molar-refractivity contribution >= 4 is 23.6 Å². The molecule has 2 fully saturated rings. The fraction of sp³-hybridized carbons (Fsp3) is 0.548. The average molecular weight is 574 g/mol. The SMILES string of the molecule is CN[C@@H]1CC[C@@H](C(=O)N2CCCC([C@@](O)(CCCNC(=O)OC)c3cccc(Cl)c3-c3cc(C)cc(F)c3)C2)C1. The molecule has 2 aromatic carbocycles. The Hall–Kier alpha value is -2.68. The molecule has 7 nitrogen and oxygen atoms in total. The zero-order valence-corrected chi connectivity index (χ0v) is 24.4. The summed E-state index contributed by atoms with van der Waals surface area (Å²) in [7, 11) is 3.24. The van der Waals surface area contributed by atoms with E-state index < -0.39 is 11.7 Å². The molecule has 2 amide bonds. The van der Waals surface area contributed by atoms with Gasteiger partial charge in [-0.3, -0.25) is 4.79 Å². The molecule has 40 heavy (non-hydrogen) atoms. The number of likely N-dealkylation sites (tertiary alicyclic amines) is 1. The number of piperidine rings is 1. The van der Waals surface area contributed by atoms with Gasteiger partial charge >= 0.3 is 6.09 Å². The van der Waals surface area contributed by atoms with Crippen molar-refractivity contribution in [3.05, 3.63) is 58.4 Å². The second kappa shape index (κ2) is 13.3. The van der Waals surface area contributed by atoms with Crippen molar-refractivity contribution in [1.82, 2.24) is 15.5 Å². The molecule has 1 saturated carbocycles. The van der Waals surface area contributed by atoms with Crippen LogP contribution < -0.4 is 10.6 Å². The fourth-order valence-electron chi connectivity index (χ4n) is 6.53. The highest BCUT2D eigenvalue weighted by atomic mass is 35.5. The predicted octanol–water partition coefficient (Wildman–Crippen LogP) is 5.41. The summed E-state index contributed by atoms with van der Waals surface area (Å²) in [5.74, 6) is -0.496. The zero-order chi connectivity index (χ0) is 28.9. The quantitative estimate of drug-likeness (QED) is 0.349. The van der Waals surface area contributed by atoms with Crippen molar-refractivity contribution in [2.75, 3.05) is 33.8 Å². The van der Waals surface area contributed by atoms with Crippen LogP contribution >= 0.6 is 11.6 Å². The van der Waals surface area contributed by atoms with Crippen molar-refractivity contribution in [3.8, 4) is 11.1 Å². The number of nitrogens with zero attached hydrogens (tertiary/aromatic N) is 1. The second-order valence-electron chi connectivity index (χ2n) is 11.2. The molecule has 1 heterocycles. The summed E-state index contributed by atoms with van der Waals surface area (Å²) in [6.45, 7) is 3.23. The largest absolute Gasteiger partial charge is 0.453 e. The molecule has 1 saturated heterocycles. The number of amides is 2. The van der Waals surface area contributed by atoms with Gasteiger partial charge in [-0.2, -0.15) is 0 Å². The standard InChI is InChI=1S/C31H41ClFN3O4/c1-20-15-22(17-24(33)16-20)28-26(8-4-9-27(28)32)31(39,12-6-13-35-30(38)40-3)23-7-5-14-36(19-23)29(37)21-10-11-25(18-21)34-2/h4,8-9,15-17,21,23,25,34,39H,5-7,10-14,18-19H2,1-3H3,(H,35,38)/t21-,23?,25-,31+/m1/s1. The number of ether oxygens (including phenoxy) is 1. The van der Waals surface area contributed by atoms with E-state index in [2.05, 4.69) is 15.4 Å². The smallest absolute Gasteiger partial charge is 0.406 e. The third-order valence-corrected chi connectivity index (χ3v) is 8.91. The van der Waals surface area contributed by atoms with Gasteiger partial charge in [0.05, 0.1) is 12.7 Å². The first-order valence-corrected chi connectivity index (χ1v) is 14.6. The first kappa shape index (κ1) is 30.3. The molecule has 0 radical (unpaired) electrons. The molecule has 0 aromatic heterocycles. The fourth-order valence-corrected chi connectivity index (χ4v) is 6.82. The monoisotopic (exact) mass is 573 g/mol. The van der Waals surface area contributed by atoms with Gasteiger partial charge in [-0.05, 0) is 93.8 Å². The zero-order valence-electron chi connectivity index (χ0n) is 23.6. The summed E-state index contributed by atoms with van der Waals surface area (Å²) in [4.78, 5) is 27.1. The number of benzene rings is 2. The molecule has 0 spiro atoms. The number of nitrogens with one attached hydrogen (secondary N) is 2. The van der Waals surface area contributed by atoms with Crippen LogP contribution in [0.4, 0.5) is 9.18 Å². The minimum atomic E-state index is -1.37. The number of carbonyl (C=O) groups excluding carboxylic acids is 2. The van der Waals surface area contributed by atoms with Crippen LogP contribution in [0, 0.1) is 24.6 Å². The van der Waals surface area contributed by atoms with Crippen LogP contribution in [0.2, 0.25) is 5.02 Å². The van der Waals surface area contributed by atoms with Gasteiger partial charge in [0.15, 0.2) is 0 Å². The summed E-state index contributed by atoms with van der Waals surface area (Å²) in [5, 5.41) is 19.0. The molecule has 3 N–H and O–H groups in total. The van der Waals surface area contributed by atoms with Gasteiger partial charge in [-0.15, -0.1) is 0 Å². The van der Waals surface area contributed by atoms with E-state index in [1.807, 2.05) is 31.0 Å². The Morgan fingerprint density at radius 2 is 2.02 bits per heavy atom. The summed E-state index contributed by atoms with van der Waals surface area (Å²) in [6, 6.07) is 10.5. The number of aryl methyl sites for hydroxylation is 1. The van der Waals surface area contributed by atoms with Crippen LogP contribution in [0.1, 0.15) is 56.1 Å². The molecule has 1 aliphatic carbocycles. The van der Waals surface area contributed by atoms with Gasteiger partial charge in [0.25, 0.3) is 0 Å². The van der Waals surface area contributed by atoms with E-state index in [0.717, 1.165) is 37.7 Å². The molecule has 0 bridgehead atoms. The lowest BCUT2D eigenvalue weighted by atomic mass is 9.72. The van der Waals surface area contributed by atoms with Crippen LogP contribution in [0.5, 0.6) is 0 Å². The second-order valence-corrected chi connectivity index (χ2v) is 11.7. The Bertz CT molecular complexity index is 1190. The lowest BCUT2D eigenvalue weighted by Crippen LogP contribution is -2.49. The number of rotatable bonds is 9. The number of aliphatic hydroxyl groups is 1. The van der Waals surface area contributed by atoms with E-state index >= 15 is 0 Å². The van der Waals surface area contributed by atoms with Gasteiger partial charge in [0, 0.05) is 48.1 Å². The normalized spacial score (nSPS) is 22.6. The van der Waals surface area contributed by atoms with Crippen LogP contribution in [0.15, 0.2) is 36.4 Å². The maximum atomic E-state index is 14.5. The number of hydrogen-bond acceptors (Lipinski definition) is 5. The molecule has 4 rings (SSSR count). The van der Waals surface area contributed by atoms with Gasteiger partial charge in [0.2, 0.25) is 5.91 Å². The van der Waals surface area contributed by atoms with Crippen molar-refractivity contribution in [2.24, 2.45) is 11.8 Å². The number of halogens is 2. The van der Waals surface area contributed by atoms with E-state index in [0.29, 0.717) is 60.2 Å². The van der Waals surface area contributed by atoms with Crippen LogP contribution in [-0.2, 0) is 15.1 Å².